The highest BCUT2D eigenvalue weighted by Crippen LogP contribution is 2.18. The van der Waals surface area contributed by atoms with Crippen molar-refractivity contribution in [2.24, 2.45) is 0 Å². The van der Waals surface area contributed by atoms with E-state index < -0.39 is 0 Å². The van der Waals surface area contributed by atoms with Crippen molar-refractivity contribution in [2.75, 3.05) is 11.9 Å². The van der Waals surface area contributed by atoms with Gasteiger partial charge in [0.05, 0.1) is 6.04 Å². The van der Waals surface area contributed by atoms with Gasteiger partial charge in [-0.2, -0.15) is 0 Å². The van der Waals surface area contributed by atoms with E-state index in [2.05, 4.69) is 23.6 Å². The lowest BCUT2D eigenvalue weighted by atomic mass is 10.1. The second kappa shape index (κ2) is 4.66. The Labute approximate surface area is 96.2 Å². The van der Waals surface area contributed by atoms with E-state index >= 15 is 0 Å². The fraction of sp³-hybridized carbons (Fsp3) is 0.462. The maximum Gasteiger partial charge on any atom is 0.241 e. The molecule has 0 aliphatic carbocycles. The molecule has 1 aromatic carbocycles. The van der Waals surface area contributed by atoms with Gasteiger partial charge in [0.15, 0.2) is 0 Å². The van der Waals surface area contributed by atoms with Crippen molar-refractivity contribution in [3.63, 3.8) is 0 Å². The third-order valence-corrected chi connectivity index (χ3v) is 3.24. The molecule has 1 aromatic rings. The molecular formula is C13H18N2O. The summed E-state index contributed by atoms with van der Waals surface area (Å²) in [7, 11) is 0. The van der Waals surface area contributed by atoms with Crippen LogP contribution in [0.4, 0.5) is 5.69 Å². The van der Waals surface area contributed by atoms with Crippen molar-refractivity contribution in [3.8, 4) is 0 Å². The molecule has 0 aromatic heterocycles. The van der Waals surface area contributed by atoms with Gasteiger partial charge in [-0.25, -0.2) is 0 Å². The molecular weight excluding hydrogens is 200 g/mol. The Hall–Kier alpha value is -1.35. The van der Waals surface area contributed by atoms with Crippen LogP contribution < -0.4 is 10.6 Å². The summed E-state index contributed by atoms with van der Waals surface area (Å²) < 4.78 is 0. The number of carbonyl (C=O) groups excluding carboxylic acids is 1. The molecule has 2 rings (SSSR count). The van der Waals surface area contributed by atoms with Gasteiger partial charge in [0.2, 0.25) is 5.91 Å². The third-order valence-electron chi connectivity index (χ3n) is 3.24. The van der Waals surface area contributed by atoms with E-state index in [0.717, 1.165) is 30.6 Å². The highest BCUT2D eigenvalue weighted by Gasteiger charge is 2.22. The highest BCUT2D eigenvalue weighted by molar-refractivity contribution is 5.95. The molecule has 1 heterocycles. The molecule has 1 atom stereocenters. The van der Waals surface area contributed by atoms with Crippen LogP contribution in [0, 0.1) is 13.8 Å². The van der Waals surface area contributed by atoms with E-state index in [1.54, 1.807) is 0 Å². The van der Waals surface area contributed by atoms with Crippen molar-refractivity contribution in [3.05, 3.63) is 29.3 Å². The SMILES string of the molecule is Cc1cccc(NC(=O)C2CCCN2)c1C. The summed E-state index contributed by atoms with van der Waals surface area (Å²) in [5.74, 6) is 0.0891. The summed E-state index contributed by atoms with van der Waals surface area (Å²) in [6.45, 7) is 5.04. The molecule has 1 saturated heterocycles. The number of anilines is 1. The average molecular weight is 218 g/mol. The van der Waals surface area contributed by atoms with Gasteiger partial charge in [-0.05, 0) is 50.4 Å². The molecule has 86 valence electrons. The number of benzene rings is 1. The van der Waals surface area contributed by atoms with Gasteiger partial charge in [-0.1, -0.05) is 12.1 Å². The Balaban J connectivity index is 2.08. The van der Waals surface area contributed by atoms with Crippen molar-refractivity contribution in [1.82, 2.24) is 5.32 Å². The van der Waals surface area contributed by atoms with Crippen molar-refractivity contribution >= 4 is 11.6 Å². The summed E-state index contributed by atoms with van der Waals surface area (Å²) in [4.78, 5) is 11.9. The predicted molar refractivity (Wildman–Crippen MR) is 65.6 cm³/mol. The van der Waals surface area contributed by atoms with E-state index in [9.17, 15) is 4.79 Å². The van der Waals surface area contributed by atoms with Gasteiger partial charge in [-0.15, -0.1) is 0 Å². The summed E-state index contributed by atoms with van der Waals surface area (Å²) in [6.07, 6.45) is 2.03. The predicted octanol–water partition coefficient (Wildman–Crippen LogP) is 1.99. The van der Waals surface area contributed by atoms with Gasteiger partial charge < -0.3 is 10.6 Å². The van der Waals surface area contributed by atoms with Gasteiger partial charge in [0, 0.05) is 5.69 Å². The van der Waals surface area contributed by atoms with Gasteiger partial charge in [0.1, 0.15) is 0 Å². The van der Waals surface area contributed by atoms with Crippen LogP contribution >= 0.6 is 0 Å². The van der Waals surface area contributed by atoms with Gasteiger partial charge >= 0.3 is 0 Å². The molecule has 1 aliphatic heterocycles. The molecule has 0 bridgehead atoms. The zero-order valence-corrected chi connectivity index (χ0v) is 9.84. The molecule has 0 radical (unpaired) electrons. The average Bonchev–Trinajstić information content (AvgIpc) is 2.78. The Morgan fingerprint density at radius 3 is 2.94 bits per heavy atom. The van der Waals surface area contributed by atoms with Gasteiger partial charge in [0.25, 0.3) is 0 Å². The molecule has 16 heavy (non-hydrogen) atoms. The second-order valence-electron chi connectivity index (χ2n) is 4.39. The largest absolute Gasteiger partial charge is 0.324 e. The Morgan fingerprint density at radius 2 is 2.25 bits per heavy atom. The normalized spacial score (nSPS) is 19.8. The summed E-state index contributed by atoms with van der Waals surface area (Å²) in [6, 6.07) is 5.97. The van der Waals surface area contributed by atoms with E-state index in [1.165, 1.54) is 5.56 Å². The fourth-order valence-electron chi connectivity index (χ4n) is 2.01. The molecule has 0 spiro atoms. The van der Waals surface area contributed by atoms with Crippen molar-refractivity contribution in [1.29, 1.82) is 0 Å². The molecule has 3 nitrogen and oxygen atoms in total. The first-order valence-electron chi connectivity index (χ1n) is 5.79. The number of amides is 1. The lowest BCUT2D eigenvalue weighted by Crippen LogP contribution is -2.35. The number of carbonyl (C=O) groups is 1. The smallest absolute Gasteiger partial charge is 0.241 e. The van der Waals surface area contributed by atoms with Crippen LogP contribution in [0.25, 0.3) is 0 Å². The van der Waals surface area contributed by atoms with Crippen LogP contribution in [0.15, 0.2) is 18.2 Å². The van der Waals surface area contributed by atoms with Crippen LogP contribution in [-0.2, 0) is 4.79 Å². The van der Waals surface area contributed by atoms with E-state index in [-0.39, 0.29) is 11.9 Å². The molecule has 0 saturated carbocycles. The highest BCUT2D eigenvalue weighted by atomic mass is 16.2. The van der Waals surface area contributed by atoms with E-state index in [4.69, 9.17) is 0 Å². The van der Waals surface area contributed by atoms with Crippen LogP contribution in [-0.4, -0.2) is 18.5 Å². The lowest BCUT2D eigenvalue weighted by Gasteiger charge is -2.13. The van der Waals surface area contributed by atoms with Crippen LogP contribution in [0.5, 0.6) is 0 Å². The summed E-state index contributed by atoms with van der Waals surface area (Å²) >= 11 is 0. The zero-order valence-electron chi connectivity index (χ0n) is 9.84. The quantitative estimate of drug-likeness (QED) is 0.797. The molecule has 1 amide bonds. The summed E-state index contributed by atoms with van der Waals surface area (Å²) in [5, 5.41) is 6.19. The molecule has 1 fully saturated rings. The Morgan fingerprint density at radius 1 is 1.44 bits per heavy atom. The number of hydrogen-bond donors (Lipinski definition) is 2. The maximum absolute atomic E-state index is 11.9. The molecule has 2 N–H and O–H groups in total. The fourth-order valence-corrected chi connectivity index (χ4v) is 2.01. The first kappa shape index (κ1) is 11.1. The van der Waals surface area contributed by atoms with Crippen molar-refractivity contribution in [2.45, 2.75) is 32.7 Å². The third kappa shape index (κ3) is 2.25. The van der Waals surface area contributed by atoms with E-state index in [1.807, 2.05) is 19.1 Å². The monoisotopic (exact) mass is 218 g/mol. The lowest BCUT2D eigenvalue weighted by molar-refractivity contribution is -0.117. The first-order valence-corrected chi connectivity index (χ1v) is 5.79. The molecule has 1 aliphatic rings. The minimum atomic E-state index is -0.0140. The number of rotatable bonds is 2. The number of nitrogens with one attached hydrogen (secondary N) is 2. The zero-order chi connectivity index (χ0) is 11.5. The minimum absolute atomic E-state index is 0.0140. The number of hydrogen-bond acceptors (Lipinski definition) is 2. The van der Waals surface area contributed by atoms with E-state index in [0.29, 0.717) is 0 Å². The standard InChI is InChI=1S/C13H18N2O/c1-9-5-3-6-11(10(9)2)15-13(16)12-7-4-8-14-12/h3,5-6,12,14H,4,7-8H2,1-2H3,(H,15,16). The Bertz CT molecular complexity index is 395. The van der Waals surface area contributed by atoms with Crippen LogP contribution in [0.2, 0.25) is 0 Å². The van der Waals surface area contributed by atoms with Gasteiger partial charge in [-0.3, -0.25) is 4.79 Å². The maximum atomic E-state index is 11.9. The number of aryl methyl sites for hydroxylation is 1. The molecule has 3 heteroatoms. The van der Waals surface area contributed by atoms with Crippen molar-refractivity contribution < 1.29 is 4.79 Å². The topological polar surface area (TPSA) is 41.1 Å². The molecule has 1 unspecified atom stereocenters. The second-order valence-corrected chi connectivity index (χ2v) is 4.39. The summed E-state index contributed by atoms with van der Waals surface area (Å²) in [5.41, 5.74) is 3.28. The van der Waals surface area contributed by atoms with Crippen LogP contribution in [0.3, 0.4) is 0 Å². The Kier molecular flexibility index (Phi) is 3.25. The first-order chi connectivity index (χ1) is 7.68. The minimum Gasteiger partial charge on any atom is -0.324 e. The van der Waals surface area contributed by atoms with Crippen LogP contribution in [0.1, 0.15) is 24.0 Å².